The lowest BCUT2D eigenvalue weighted by Crippen LogP contribution is -2.12. The number of rotatable bonds is 6. The van der Waals surface area contributed by atoms with Crippen molar-refractivity contribution in [2.24, 2.45) is 0 Å². The maximum atomic E-state index is 8.56. The first-order valence-electron chi connectivity index (χ1n) is 5.00. The Kier molecular flexibility index (Phi) is 4.70. The minimum atomic E-state index is 0.0875. The summed E-state index contributed by atoms with van der Waals surface area (Å²) in [6.07, 6.45) is 1.99. The molecular weight excluding hydrogens is 180 g/mol. The Bertz CT molecular complexity index is 255. The van der Waals surface area contributed by atoms with Gasteiger partial charge in [-0.25, -0.2) is 0 Å². The van der Waals surface area contributed by atoms with Gasteiger partial charge in [0, 0.05) is 6.42 Å². The summed E-state index contributed by atoms with van der Waals surface area (Å²) in [7, 11) is 0. The van der Waals surface area contributed by atoms with Crippen LogP contribution < -0.4 is 0 Å². The highest BCUT2D eigenvalue weighted by Gasteiger charge is 2.04. The van der Waals surface area contributed by atoms with Crippen LogP contribution in [0.3, 0.4) is 0 Å². The van der Waals surface area contributed by atoms with Crippen LogP contribution in [0.1, 0.15) is 24.9 Å². The monoisotopic (exact) mass is 198 g/mol. The first kappa shape index (κ1) is 11.3. The number of hydrogen-bond acceptors (Lipinski definition) is 3. The first-order valence-corrected chi connectivity index (χ1v) is 5.00. The third kappa shape index (κ3) is 3.94. The predicted octanol–water partition coefficient (Wildman–Crippen LogP) is 1.92. The summed E-state index contributed by atoms with van der Waals surface area (Å²) in [5, 5.41) is 8.56. The van der Waals surface area contributed by atoms with Crippen molar-refractivity contribution in [3.8, 4) is 0 Å². The van der Waals surface area contributed by atoms with Crippen molar-refractivity contribution in [2.45, 2.75) is 32.8 Å². The van der Waals surface area contributed by atoms with Crippen LogP contribution in [0.25, 0.3) is 0 Å². The molecule has 1 aromatic rings. The molecule has 14 heavy (non-hydrogen) atoms. The van der Waals surface area contributed by atoms with Crippen molar-refractivity contribution >= 4 is 0 Å². The van der Waals surface area contributed by atoms with Crippen molar-refractivity contribution in [1.82, 2.24) is 0 Å². The summed E-state index contributed by atoms with van der Waals surface area (Å²) < 4.78 is 10.8. The van der Waals surface area contributed by atoms with Gasteiger partial charge in [0.1, 0.15) is 11.5 Å². The topological polar surface area (TPSA) is 42.6 Å². The second-order valence-electron chi connectivity index (χ2n) is 3.46. The van der Waals surface area contributed by atoms with E-state index in [1.807, 2.05) is 26.0 Å². The van der Waals surface area contributed by atoms with Gasteiger partial charge < -0.3 is 14.3 Å². The third-order valence-corrected chi connectivity index (χ3v) is 2.09. The molecule has 1 heterocycles. The SMILES string of the molecule is Cc1ccc(CCC(C)OCCO)o1. The van der Waals surface area contributed by atoms with Crippen molar-refractivity contribution in [3.63, 3.8) is 0 Å². The molecule has 1 N–H and O–H groups in total. The van der Waals surface area contributed by atoms with E-state index in [0.717, 1.165) is 24.4 Å². The third-order valence-electron chi connectivity index (χ3n) is 2.09. The molecule has 0 radical (unpaired) electrons. The zero-order valence-electron chi connectivity index (χ0n) is 8.82. The van der Waals surface area contributed by atoms with Crippen LogP contribution in [0.5, 0.6) is 0 Å². The number of hydrogen-bond donors (Lipinski definition) is 1. The number of aliphatic hydroxyl groups is 1. The van der Waals surface area contributed by atoms with Gasteiger partial charge >= 0.3 is 0 Å². The molecule has 80 valence electrons. The molecule has 1 unspecified atom stereocenters. The number of aliphatic hydroxyl groups excluding tert-OH is 1. The summed E-state index contributed by atoms with van der Waals surface area (Å²) in [4.78, 5) is 0. The molecule has 0 saturated carbocycles. The highest BCUT2D eigenvalue weighted by molar-refractivity contribution is 5.05. The average molecular weight is 198 g/mol. The molecule has 0 aromatic carbocycles. The normalized spacial score (nSPS) is 13.1. The summed E-state index contributed by atoms with van der Waals surface area (Å²) in [5.41, 5.74) is 0. The Morgan fingerprint density at radius 3 is 2.86 bits per heavy atom. The number of aryl methyl sites for hydroxylation is 2. The van der Waals surface area contributed by atoms with E-state index in [4.69, 9.17) is 14.3 Å². The lowest BCUT2D eigenvalue weighted by molar-refractivity contribution is 0.0342. The summed E-state index contributed by atoms with van der Waals surface area (Å²) >= 11 is 0. The molecule has 3 heteroatoms. The molecule has 1 rings (SSSR count). The standard InChI is InChI=1S/C11H18O3/c1-9(13-8-7-12)3-5-11-6-4-10(2)14-11/h4,6,9,12H,3,5,7-8H2,1-2H3. The van der Waals surface area contributed by atoms with Crippen LogP contribution in [-0.2, 0) is 11.2 Å². The molecule has 3 nitrogen and oxygen atoms in total. The second-order valence-corrected chi connectivity index (χ2v) is 3.46. The second kappa shape index (κ2) is 5.83. The predicted molar refractivity (Wildman–Crippen MR) is 54.3 cm³/mol. The van der Waals surface area contributed by atoms with Crippen LogP contribution in [0.2, 0.25) is 0 Å². The Hall–Kier alpha value is -0.800. The Balaban J connectivity index is 2.20. The van der Waals surface area contributed by atoms with Crippen molar-refractivity contribution in [3.05, 3.63) is 23.7 Å². The Morgan fingerprint density at radius 2 is 2.29 bits per heavy atom. The lowest BCUT2D eigenvalue weighted by atomic mass is 10.2. The molecule has 1 aromatic heterocycles. The van der Waals surface area contributed by atoms with Crippen molar-refractivity contribution in [2.75, 3.05) is 13.2 Å². The van der Waals surface area contributed by atoms with E-state index in [2.05, 4.69) is 0 Å². The Labute approximate surface area is 84.7 Å². The molecule has 0 bridgehead atoms. The van der Waals surface area contributed by atoms with Crippen LogP contribution in [-0.4, -0.2) is 24.4 Å². The van der Waals surface area contributed by atoms with Gasteiger partial charge in [-0.3, -0.25) is 0 Å². The van der Waals surface area contributed by atoms with Crippen molar-refractivity contribution in [1.29, 1.82) is 0 Å². The zero-order chi connectivity index (χ0) is 10.4. The van der Waals surface area contributed by atoms with E-state index in [-0.39, 0.29) is 12.7 Å². The average Bonchev–Trinajstić information content (AvgIpc) is 2.58. The van der Waals surface area contributed by atoms with E-state index in [1.54, 1.807) is 0 Å². The molecule has 0 amide bonds. The molecule has 0 spiro atoms. The number of furan rings is 1. The fourth-order valence-corrected chi connectivity index (χ4v) is 1.30. The lowest BCUT2D eigenvalue weighted by Gasteiger charge is -2.10. The van der Waals surface area contributed by atoms with E-state index in [9.17, 15) is 0 Å². The van der Waals surface area contributed by atoms with Crippen LogP contribution >= 0.6 is 0 Å². The van der Waals surface area contributed by atoms with Crippen LogP contribution in [0.4, 0.5) is 0 Å². The van der Waals surface area contributed by atoms with Gasteiger partial charge in [0.2, 0.25) is 0 Å². The molecule has 0 aliphatic carbocycles. The quantitative estimate of drug-likeness (QED) is 0.759. The molecule has 1 atom stereocenters. The zero-order valence-corrected chi connectivity index (χ0v) is 8.82. The Morgan fingerprint density at radius 1 is 1.50 bits per heavy atom. The first-order chi connectivity index (χ1) is 6.72. The molecule has 0 saturated heterocycles. The van der Waals surface area contributed by atoms with E-state index >= 15 is 0 Å². The van der Waals surface area contributed by atoms with Gasteiger partial charge in [0.05, 0.1) is 19.3 Å². The van der Waals surface area contributed by atoms with Gasteiger partial charge in [-0.05, 0) is 32.4 Å². The molecular formula is C11H18O3. The van der Waals surface area contributed by atoms with E-state index < -0.39 is 0 Å². The van der Waals surface area contributed by atoms with Crippen molar-refractivity contribution < 1.29 is 14.3 Å². The summed E-state index contributed by atoms with van der Waals surface area (Å²) in [6.45, 7) is 4.45. The largest absolute Gasteiger partial charge is 0.466 e. The van der Waals surface area contributed by atoms with Gasteiger partial charge in [-0.2, -0.15) is 0 Å². The van der Waals surface area contributed by atoms with Gasteiger partial charge in [-0.15, -0.1) is 0 Å². The van der Waals surface area contributed by atoms with Crippen LogP contribution in [0, 0.1) is 6.92 Å². The van der Waals surface area contributed by atoms with E-state index in [1.165, 1.54) is 0 Å². The molecule has 0 fully saturated rings. The highest BCUT2D eigenvalue weighted by Crippen LogP contribution is 2.10. The maximum absolute atomic E-state index is 8.56. The maximum Gasteiger partial charge on any atom is 0.104 e. The van der Waals surface area contributed by atoms with Crippen LogP contribution in [0.15, 0.2) is 16.5 Å². The smallest absolute Gasteiger partial charge is 0.104 e. The molecule has 0 aliphatic rings. The number of ether oxygens (including phenoxy) is 1. The fraction of sp³-hybridized carbons (Fsp3) is 0.636. The summed E-state index contributed by atoms with van der Waals surface area (Å²) in [6, 6.07) is 3.96. The summed E-state index contributed by atoms with van der Waals surface area (Å²) in [5.74, 6) is 1.95. The van der Waals surface area contributed by atoms with E-state index in [0.29, 0.717) is 6.61 Å². The minimum Gasteiger partial charge on any atom is -0.466 e. The van der Waals surface area contributed by atoms with Gasteiger partial charge in [-0.1, -0.05) is 0 Å². The minimum absolute atomic E-state index is 0.0875. The van der Waals surface area contributed by atoms with Gasteiger partial charge in [0.15, 0.2) is 0 Å². The molecule has 0 aliphatic heterocycles. The van der Waals surface area contributed by atoms with Gasteiger partial charge in [0.25, 0.3) is 0 Å². The highest BCUT2D eigenvalue weighted by atomic mass is 16.5. The fourth-order valence-electron chi connectivity index (χ4n) is 1.30.